The van der Waals surface area contributed by atoms with Crippen molar-refractivity contribution in [3.63, 3.8) is 0 Å². The molecule has 0 aliphatic heterocycles. The third-order valence-electron chi connectivity index (χ3n) is 5.21. The number of hydrogen-bond acceptors (Lipinski definition) is 5. The van der Waals surface area contributed by atoms with Gasteiger partial charge in [0.2, 0.25) is 5.95 Å². The van der Waals surface area contributed by atoms with Crippen LogP contribution in [0.25, 0.3) is 0 Å². The number of nitrogens with zero attached hydrogens (tertiary/aromatic N) is 3. The summed E-state index contributed by atoms with van der Waals surface area (Å²) in [6, 6.07) is 3.56. The molecule has 232 valence electrons. The minimum absolute atomic E-state index is 0.585. The first-order valence-electron chi connectivity index (χ1n) is 9.68. The molecule has 1 N–H and O–H groups in total. The van der Waals surface area contributed by atoms with Gasteiger partial charge in [-0.25, -0.2) is 4.98 Å². The number of hydrogen-bond donors (Lipinski definition) is 1. The number of alkyl halides is 18. The number of rotatable bonds is 5. The van der Waals surface area contributed by atoms with Gasteiger partial charge in [-0.15, -0.1) is 0 Å². The van der Waals surface area contributed by atoms with Gasteiger partial charge in [-0.1, -0.05) is 12.1 Å². The fourth-order valence-corrected chi connectivity index (χ4v) is 3.36. The topological polar surface area (TPSA) is 59.9 Å². The largest absolute Gasteiger partial charge is 0.495 e. The average Bonchev–Trinajstić information content (AvgIpc) is 2.68. The quantitative estimate of drug-likeness (QED) is 0.345. The molecule has 0 spiro atoms. The first-order chi connectivity index (χ1) is 18.1. The average molecular weight is 638 g/mol. The number of anilines is 2. The van der Waals surface area contributed by atoms with E-state index in [0.717, 1.165) is 25.3 Å². The minimum atomic E-state index is -7.76. The Bertz CT molecular complexity index is 1100. The van der Waals surface area contributed by atoms with Crippen LogP contribution in [0.4, 0.5) is 90.7 Å². The summed E-state index contributed by atoms with van der Waals surface area (Å²) in [6.07, 6.45) is -46.6. The molecule has 0 radical (unpaired) electrons. The highest BCUT2D eigenvalue weighted by atomic mass is 19.4. The van der Waals surface area contributed by atoms with Crippen LogP contribution in [0.5, 0.6) is 5.75 Å². The van der Waals surface area contributed by atoms with Gasteiger partial charge >= 0.3 is 47.9 Å². The first-order valence-corrected chi connectivity index (χ1v) is 9.68. The molecule has 0 bridgehead atoms. The molecule has 23 heteroatoms. The molecule has 5 nitrogen and oxygen atoms in total. The van der Waals surface area contributed by atoms with Crippen LogP contribution in [0.2, 0.25) is 0 Å². The summed E-state index contributed by atoms with van der Waals surface area (Å²) < 4.78 is 250. The van der Waals surface area contributed by atoms with Crippen molar-refractivity contribution in [3.8, 4) is 5.75 Å². The molecule has 2 rings (SSSR count). The van der Waals surface area contributed by atoms with Gasteiger partial charge in [0.15, 0.2) is 11.6 Å². The fraction of sp³-hybridized carbons (Fsp3) is 0.500. The van der Waals surface area contributed by atoms with Crippen LogP contribution >= 0.6 is 0 Å². The SMILES string of the molecule is COc1ccccc1Nc1nc(C(C(F)(F)F)(C(F)(F)F)C(F)(F)F)nc(C(C(F)(F)F)(C(F)(F)F)C(F)(F)F)n1. The van der Waals surface area contributed by atoms with E-state index in [9.17, 15) is 79.0 Å². The first kappa shape index (κ1) is 33.8. The Morgan fingerprint density at radius 1 is 0.512 bits per heavy atom. The lowest BCUT2D eigenvalue weighted by molar-refractivity contribution is -0.391. The second-order valence-electron chi connectivity index (χ2n) is 7.62. The Balaban J connectivity index is 3.30. The zero-order valence-electron chi connectivity index (χ0n) is 18.9. The van der Waals surface area contributed by atoms with E-state index < -0.39 is 76.9 Å². The smallest absolute Gasteiger partial charge is 0.419 e. The van der Waals surface area contributed by atoms with Gasteiger partial charge in [0.05, 0.1) is 12.8 Å². The van der Waals surface area contributed by atoms with Crippen LogP contribution in [0.1, 0.15) is 11.6 Å². The number of benzene rings is 1. The highest BCUT2D eigenvalue weighted by Crippen LogP contribution is 2.62. The lowest BCUT2D eigenvalue weighted by Crippen LogP contribution is -2.66. The zero-order valence-corrected chi connectivity index (χ0v) is 18.9. The monoisotopic (exact) mass is 638 g/mol. The summed E-state index contributed by atoms with van der Waals surface area (Å²) in [5, 5.41) is 1.37. The molecule has 0 atom stereocenters. The summed E-state index contributed by atoms with van der Waals surface area (Å²) in [6.45, 7) is 0. The van der Waals surface area contributed by atoms with Crippen LogP contribution in [-0.4, -0.2) is 59.1 Å². The van der Waals surface area contributed by atoms with Gasteiger partial charge in [-0.05, 0) is 12.1 Å². The summed E-state index contributed by atoms with van der Waals surface area (Å²) in [7, 11) is 0.800. The van der Waals surface area contributed by atoms with Crippen LogP contribution in [-0.2, 0) is 10.8 Å². The second kappa shape index (κ2) is 9.84. The third-order valence-corrected chi connectivity index (χ3v) is 5.21. The Morgan fingerprint density at radius 2 is 0.829 bits per heavy atom. The van der Waals surface area contributed by atoms with Gasteiger partial charge in [-0.2, -0.15) is 89.0 Å². The van der Waals surface area contributed by atoms with Gasteiger partial charge in [-0.3, -0.25) is 0 Å². The summed E-state index contributed by atoms with van der Waals surface area (Å²) >= 11 is 0. The van der Waals surface area contributed by atoms with E-state index >= 15 is 0 Å². The molecule has 0 fully saturated rings. The van der Waals surface area contributed by atoms with Crippen LogP contribution in [0.15, 0.2) is 24.3 Å². The highest BCUT2D eigenvalue weighted by Gasteiger charge is 2.89. The number of halogens is 18. The van der Waals surface area contributed by atoms with Crippen molar-refractivity contribution in [3.05, 3.63) is 35.9 Å². The molecule has 2 aromatic rings. The molecule has 1 heterocycles. The number of methoxy groups -OCH3 is 1. The summed E-state index contributed by atoms with van der Waals surface area (Å²) in [4.78, 5) is 5.52. The van der Waals surface area contributed by atoms with E-state index in [1.807, 2.05) is 0 Å². The second-order valence-corrected chi connectivity index (χ2v) is 7.62. The summed E-state index contributed by atoms with van der Waals surface area (Å²) in [5.74, 6) is -11.1. The summed E-state index contributed by atoms with van der Waals surface area (Å²) in [5.41, 5.74) is -15.9. The van der Waals surface area contributed by atoms with Crippen LogP contribution in [0, 0.1) is 0 Å². The fourth-order valence-electron chi connectivity index (χ4n) is 3.36. The van der Waals surface area contributed by atoms with Crippen molar-refractivity contribution in [1.82, 2.24) is 15.0 Å². The van der Waals surface area contributed by atoms with Crippen molar-refractivity contribution >= 4 is 11.6 Å². The van der Waals surface area contributed by atoms with E-state index in [1.54, 1.807) is 0 Å². The Hall–Kier alpha value is -3.43. The highest BCUT2D eigenvalue weighted by molar-refractivity contribution is 5.62. The molecule has 41 heavy (non-hydrogen) atoms. The molecule has 0 saturated carbocycles. The Labute approximate surface area is 213 Å². The predicted octanol–water partition coefficient (Wildman–Crippen LogP) is 7.47. The van der Waals surface area contributed by atoms with Crippen molar-refractivity contribution in [1.29, 1.82) is 0 Å². The van der Waals surface area contributed by atoms with Gasteiger partial charge in [0, 0.05) is 0 Å². The van der Waals surface area contributed by atoms with E-state index in [-0.39, 0.29) is 0 Å². The lowest BCUT2D eigenvalue weighted by Gasteiger charge is -2.39. The standard InChI is InChI=1S/C18H8F18N4O/c1-41-7-5-3-2-4-6(7)37-10-39-8(11(13(19,20)21,14(22,23)24)15(25,26)27)38-9(40-10)12(16(28,29)30,17(31,32)33)18(34,35)36/h2-5H,1H3,(H,37,38,39,40). The molecular formula is C18H8F18N4O. The Morgan fingerprint density at radius 3 is 1.12 bits per heavy atom. The maximum Gasteiger partial charge on any atom is 0.419 e. The van der Waals surface area contributed by atoms with Crippen LogP contribution < -0.4 is 10.1 Å². The van der Waals surface area contributed by atoms with Crippen LogP contribution in [0.3, 0.4) is 0 Å². The number of nitrogens with one attached hydrogen (secondary N) is 1. The molecular weight excluding hydrogens is 630 g/mol. The normalized spacial score (nSPS) is 14.7. The minimum Gasteiger partial charge on any atom is -0.495 e. The molecule has 0 aliphatic rings. The van der Waals surface area contributed by atoms with Crippen molar-refractivity contribution in [2.24, 2.45) is 0 Å². The molecule has 0 aliphatic carbocycles. The Kier molecular flexibility index (Phi) is 8.11. The predicted molar refractivity (Wildman–Crippen MR) is 95.8 cm³/mol. The number of aromatic nitrogens is 3. The molecule has 0 saturated heterocycles. The molecule has 0 amide bonds. The van der Waals surface area contributed by atoms with E-state index in [4.69, 9.17) is 0 Å². The molecule has 1 aromatic heterocycles. The maximum absolute atomic E-state index is 13.6. The molecule has 1 aromatic carbocycles. The lowest BCUT2D eigenvalue weighted by atomic mass is 9.82. The van der Waals surface area contributed by atoms with E-state index in [2.05, 4.69) is 14.7 Å². The maximum atomic E-state index is 13.6. The number of ether oxygens (including phenoxy) is 1. The van der Waals surface area contributed by atoms with Gasteiger partial charge < -0.3 is 10.1 Å². The van der Waals surface area contributed by atoms with Crippen molar-refractivity contribution < 1.29 is 83.8 Å². The third kappa shape index (κ3) is 5.21. The van der Waals surface area contributed by atoms with Crippen molar-refractivity contribution in [2.75, 3.05) is 12.4 Å². The number of para-hydroxylation sites is 2. The van der Waals surface area contributed by atoms with E-state index in [1.165, 1.54) is 10.3 Å². The zero-order chi connectivity index (χ0) is 32.3. The van der Waals surface area contributed by atoms with E-state index in [0.29, 0.717) is 6.07 Å². The van der Waals surface area contributed by atoms with Gasteiger partial charge in [0.25, 0.3) is 0 Å². The van der Waals surface area contributed by atoms with Gasteiger partial charge in [0.1, 0.15) is 5.75 Å². The molecule has 0 unspecified atom stereocenters. The van der Waals surface area contributed by atoms with Crippen molar-refractivity contribution in [2.45, 2.75) is 47.9 Å².